The molecule has 0 aliphatic heterocycles. The fourth-order valence-corrected chi connectivity index (χ4v) is 1.87. The molecule has 0 radical (unpaired) electrons. The lowest BCUT2D eigenvalue weighted by atomic mass is 10.1. The SMILES string of the molecule is CCNc1ccc(C(=O)NCCCCOC)cc1C. The van der Waals surface area contributed by atoms with Crippen LogP contribution in [0.25, 0.3) is 0 Å². The summed E-state index contributed by atoms with van der Waals surface area (Å²) in [5.74, 6) is -0.0106. The second kappa shape index (κ2) is 8.53. The first-order chi connectivity index (χ1) is 9.19. The van der Waals surface area contributed by atoms with Gasteiger partial charge in [-0.2, -0.15) is 0 Å². The molecule has 0 atom stereocenters. The van der Waals surface area contributed by atoms with Crippen LogP contribution in [0, 0.1) is 6.92 Å². The Balaban J connectivity index is 2.46. The van der Waals surface area contributed by atoms with E-state index in [1.54, 1.807) is 7.11 Å². The zero-order valence-electron chi connectivity index (χ0n) is 12.1. The third-order valence-corrected chi connectivity index (χ3v) is 2.92. The molecule has 1 aromatic rings. The van der Waals surface area contributed by atoms with Crippen LogP contribution in [0.3, 0.4) is 0 Å². The number of ether oxygens (including phenoxy) is 1. The van der Waals surface area contributed by atoms with Gasteiger partial charge in [0.25, 0.3) is 5.91 Å². The smallest absolute Gasteiger partial charge is 0.251 e. The normalized spacial score (nSPS) is 10.3. The molecule has 0 unspecified atom stereocenters. The van der Waals surface area contributed by atoms with Gasteiger partial charge < -0.3 is 15.4 Å². The zero-order chi connectivity index (χ0) is 14.1. The third kappa shape index (κ3) is 5.30. The topological polar surface area (TPSA) is 50.4 Å². The quantitative estimate of drug-likeness (QED) is 0.710. The maximum atomic E-state index is 11.9. The second-order valence-electron chi connectivity index (χ2n) is 4.52. The summed E-state index contributed by atoms with van der Waals surface area (Å²) in [6, 6.07) is 5.73. The Kier molecular flexibility index (Phi) is 6.97. The lowest BCUT2D eigenvalue weighted by molar-refractivity contribution is 0.0951. The van der Waals surface area contributed by atoms with Crippen LogP contribution in [0.4, 0.5) is 5.69 Å². The van der Waals surface area contributed by atoms with Crippen molar-refractivity contribution in [2.24, 2.45) is 0 Å². The van der Waals surface area contributed by atoms with Crippen molar-refractivity contribution < 1.29 is 9.53 Å². The fraction of sp³-hybridized carbons (Fsp3) is 0.533. The van der Waals surface area contributed by atoms with Gasteiger partial charge in [-0.25, -0.2) is 0 Å². The highest BCUT2D eigenvalue weighted by atomic mass is 16.5. The Hall–Kier alpha value is -1.55. The van der Waals surface area contributed by atoms with Crippen molar-refractivity contribution in [3.63, 3.8) is 0 Å². The Morgan fingerprint density at radius 2 is 2.11 bits per heavy atom. The fourth-order valence-electron chi connectivity index (χ4n) is 1.87. The van der Waals surface area contributed by atoms with Crippen LogP contribution in [0.5, 0.6) is 0 Å². The van der Waals surface area contributed by atoms with Crippen LogP contribution in [-0.4, -0.2) is 32.7 Å². The van der Waals surface area contributed by atoms with Gasteiger partial charge in [-0.15, -0.1) is 0 Å². The molecular formula is C15H24N2O2. The van der Waals surface area contributed by atoms with E-state index < -0.39 is 0 Å². The number of hydrogen-bond acceptors (Lipinski definition) is 3. The Morgan fingerprint density at radius 1 is 1.32 bits per heavy atom. The number of amides is 1. The maximum Gasteiger partial charge on any atom is 0.251 e. The molecule has 1 aromatic carbocycles. The largest absolute Gasteiger partial charge is 0.385 e. The minimum atomic E-state index is -0.0106. The Bertz CT molecular complexity index is 405. The first-order valence-electron chi connectivity index (χ1n) is 6.80. The van der Waals surface area contributed by atoms with Crippen LogP contribution in [0.15, 0.2) is 18.2 Å². The number of methoxy groups -OCH3 is 1. The van der Waals surface area contributed by atoms with Crippen molar-refractivity contribution in [2.75, 3.05) is 32.1 Å². The lowest BCUT2D eigenvalue weighted by Crippen LogP contribution is -2.24. The van der Waals surface area contributed by atoms with Crippen molar-refractivity contribution in [3.05, 3.63) is 29.3 Å². The molecule has 106 valence electrons. The predicted molar refractivity (Wildman–Crippen MR) is 78.8 cm³/mol. The number of unbranched alkanes of at least 4 members (excludes halogenated alkanes) is 1. The van der Waals surface area contributed by atoms with Gasteiger partial charge in [-0.3, -0.25) is 4.79 Å². The number of nitrogens with one attached hydrogen (secondary N) is 2. The highest BCUT2D eigenvalue weighted by Gasteiger charge is 2.06. The molecule has 0 bridgehead atoms. The van der Waals surface area contributed by atoms with Crippen LogP contribution in [0.1, 0.15) is 35.7 Å². The summed E-state index contributed by atoms with van der Waals surface area (Å²) in [4.78, 5) is 11.9. The summed E-state index contributed by atoms with van der Waals surface area (Å²) in [5, 5.41) is 6.18. The summed E-state index contributed by atoms with van der Waals surface area (Å²) in [5.41, 5.74) is 2.89. The number of anilines is 1. The van der Waals surface area contributed by atoms with Gasteiger partial charge in [-0.05, 0) is 50.5 Å². The standard InChI is InChI=1S/C15H24N2O2/c1-4-16-14-8-7-13(11-12(14)2)15(18)17-9-5-6-10-19-3/h7-8,11,16H,4-6,9-10H2,1-3H3,(H,17,18). The van der Waals surface area contributed by atoms with E-state index in [1.807, 2.05) is 25.1 Å². The van der Waals surface area contributed by atoms with Crippen molar-refractivity contribution in [1.29, 1.82) is 0 Å². The van der Waals surface area contributed by atoms with Gasteiger partial charge >= 0.3 is 0 Å². The summed E-state index contributed by atoms with van der Waals surface area (Å²) >= 11 is 0. The van der Waals surface area contributed by atoms with Crippen molar-refractivity contribution in [3.8, 4) is 0 Å². The summed E-state index contributed by atoms with van der Waals surface area (Å²) in [7, 11) is 1.69. The molecule has 0 fully saturated rings. The van der Waals surface area contributed by atoms with Crippen molar-refractivity contribution >= 4 is 11.6 Å². The molecule has 0 aliphatic carbocycles. The molecule has 1 rings (SSSR count). The molecule has 0 spiro atoms. The summed E-state index contributed by atoms with van der Waals surface area (Å²) < 4.78 is 4.97. The molecule has 4 heteroatoms. The van der Waals surface area contributed by atoms with Gasteiger partial charge in [-0.1, -0.05) is 0 Å². The number of carbonyl (C=O) groups excluding carboxylic acids is 1. The number of carbonyl (C=O) groups is 1. The monoisotopic (exact) mass is 264 g/mol. The predicted octanol–water partition coefficient (Wildman–Crippen LogP) is 2.58. The first kappa shape index (κ1) is 15.5. The Labute approximate surface area is 115 Å². The average Bonchev–Trinajstić information content (AvgIpc) is 2.41. The van der Waals surface area contributed by atoms with E-state index in [0.29, 0.717) is 12.1 Å². The minimum absolute atomic E-state index is 0.0106. The highest BCUT2D eigenvalue weighted by molar-refractivity contribution is 5.94. The van der Waals surface area contributed by atoms with Gasteiger partial charge in [0.05, 0.1) is 0 Å². The van der Waals surface area contributed by atoms with Crippen molar-refractivity contribution in [2.45, 2.75) is 26.7 Å². The minimum Gasteiger partial charge on any atom is -0.385 e. The van der Waals surface area contributed by atoms with Crippen molar-refractivity contribution in [1.82, 2.24) is 5.32 Å². The molecule has 2 N–H and O–H groups in total. The Morgan fingerprint density at radius 3 is 2.74 bits per heavy atom. The van der Waals surface area contributed by atoms with Crippen LogP contribution in [-0.2, 0) is 4.74 Å². The van der Waals surface area contributed by atoms with E-state index in [4.69, 9.17) is 4.74 Å². The zero-order valence-corrected chi connectivity index (χ0v) is 12.1. The lowest BCUT2D eigenvalue weighted by Gasteiger charge is -2.10. The number of rotatable bonds is 8. The maximum absolute atomic E-state index is 11.9. The van der Waals surface area contributed by atoms with E-state index >= 15 is 0 Å². The van der Waals surface area contributed by atoms with E-state index in [-0.39, 0.29) is 5.91 Å². The number of benzene rings is 1. The van der Waals surface area contributed by atoms with Gasteiger partial charge in [0.15, 0.2) is 0 Å². The molecule has 0 saturated carbocycles. The highest BCUT2D eigenvalue weighted by Crippen LogP contribution is 2.16. The number of hydrogen-bond donors (Lipinski definition) is 2. The molecule has 0 saturated heterocycles. The van der Waals surface area contributed by atoms with Gasteiger partial charge in [0, 0.05) is 38.1 Å². The van der Waals surface area contributed by atoms with Gasteiger partial charge in [0.1, 0.15) is 0 Å². The second-order valence-corrected chi connectivity index (χ2v) is 4.52. The summed E-state index contributed by atoms with van der Waals surface area (Å²) in [6.45, 7) is 6.38. The molecular weight excluding hydrogens is 240 g/mol. The van der Waals surface area contributed by atoms with Crippen LogP contribution >= 0.6 is 0 Å². The van der Waals surface area contributed by atoms with E-state index in [9.17, 15) is 4.79 Å². The average molecular weight is 264 g/mol. The molecule has 4 nitrogen and oxygen atoms in total. The van der Waals surface area contributed by atoms with Crippen LogP contribution < -0.4 is 10.6 Å². The third-order valence-electron chi connectivity index (χ3n) is 2.92. The molecule has 0 heterocycles. The van der Waals surface area contributed by atoms with Crippen LogP contribution in [0.2, 0.25) is 0 Å². The molecule has 19 heavy (non-hydrogen) atoms. The van der Waals surface area contributed by atoms with E-state index in [1.165, 1.54) is 0 Å². The molecule has 1 amide bonds. The summed E-state index contributed by atoms with van der Waals surface area (Å²) in [6.07, 6.45) is 1.91. The van der Waals surface area contributed by atoms with E-state index in [0.717, 1.165) is 37.2 Å². The molecule has 0 aromatic heterocycles. The van der Waals surface area contributed by atoms with E-state index in [2.05, 4.69) is 17.6 Å². The van der Waals surface area contributed by atoms with Gasteiger partial charge in [0.2, 0.25) is 0 Å². The number of aryl methyl sites for hydroxylation is 1. The molecule has 0 aliphatic rings. The first-order valence-corrected chi connectivity index (χ1v) is 6.80.